The van der Waals surface area contributed by atoms with Crippen LogP contribution in [0, 0.1) is 9.39 Å². The molecule has 0 spiro atoms. The van der Waals surface area contributed by atoms with Crippen LogP contribution in [-0.4, -0.2) is 5.78 Å². The first-order valence-corrected chi connectivity index (χ1v) is 5.81. The lowest BCUT2D eigenvalue weighted by molar-refractivity contribution is 0.103. The van der Waals surface area contributed by atoms with Crippen LogP contribution in [0.15, 0.2) is 48.5 Å². The highest BCUT2D eigenvalue weighted by atomic mass is 127. The van der Waals surface area contributed by atoms with Crippen LogP contribution in [-0.2, 0) is 0 Å². The highest BCUT2D eigenvalue weighted by molar-refractivity contribution is 14.1. The van der Waals surface area contributed by atoms with Crippen molar-refractivity contribution in [3.8, 4) is 0 Å². The van der Waals surface area contributed by atoms with E-state index in [1.54, 1.807) is 36.4 Å². The fourth-order valence-electron chi connectivity index (χ4n) is 1.42. The predicted molar refractivity (Wildman–Crippen MR) is 69.0 cm³/mol. The minimum atomic E-state index is -0.478. The molecule has 0 unspecified atom stereocenters. The van der Waals surface area contributed by atoms with Crippen molar-refractivity contribution in [2.24, 2.45) is 0 Å². The summed E-state index contributed by atoms with van der Waals surface area (Å²) in [4.78, 5) is 12.0. The molecule has 0 fully saturated rings. The third-order valence-electron chi connectivity index (χ3n) is 2.21. The minimum absolute atomic E-state index is 0.123. The number of carbonyl (C=O) groups excluding carboxylic acids is 1. The molecule has 0 heterocycles. The average molecular weight is 326 g/mol. The molecule has 2 aromatic rings. The molecule has 3 heteroatoms. The van der Waals surface area contributed by atoms with Gasteiger partial charge in [-0.2, -0.15) is 0 Å². The maximum absolute atomic E-state index is 13.5. The molecule has 0 radical (unpaired) electrons. The lowest BCUT2D eigenvalue weighted by atomic mass is 10.0. The summed E-state index contributed by atoms with van der Waals surface area (Å²) in [6, 6.07) is 13.2. The van der Waals surface area contributed by atoms with Crippen molar-refractivity contribution < 1.29 is 9.18 Å². The summed E-state index contributed by atoms with van der Waals surface area (Å²) in [6.45, 7) is 0. The highest BCUT2D eigenvalue weighted by Crippen LogP contribution is 2.16. The van der Waals surface area contributed by atoms with E-state index in [0.717, 1.165) is 3.57 Å². The van der Waals surface area contributed by atoms with E-state index in [4.69, 9.17) is 0 Å². The largest absolute Gasteiger partial charge is 0.288 e. The monoisotopic (exact) mass is 326 g/mol. The van der Waals surface area contributed by atoms with Crippen LogP contribution in [0.1, 0.15) is 15.9 Å². The summed E-state index contributed by atoms with van der Waals surface area (Å²) in [5.41, 5.74) is 0.626. The molecule has 0 atom stereocenters. The predicted octanol–water partition coefficient (Wildman–Crippen LogP) is 3.66. The molecule has 0 aliphatic carbocycles. The summed E-state index contributed by atoms with van der Waals surface area (Å²) in [6.07, 6.45) is 0. The van der Waals surface area contributed by atoms with Gasteiger partial charge in [-0.3, -0.25) is 4.79 Å². The first-order chi connectivity index (χ1) is 7.68. The van der Waals surface area contributed by atoms with Crippen molar-refractivity contribution in [2.45, 2.75) is 0 Å². The molecule has 0 bridgehead atoms. The lowest BCUT2D eigenvalue weighted by Crippen LogP contribution is -2.04. The van der Waals surface area contributed by atoms with E-state index in [9.17, 15) is 9.18 Å². The second kappa shape index (κ2) is 4.74. The van der Waals surface area contributed by atoms with E-state index in [0.29, 0.717) is 5.56 Å². The van der Waals surface area contributed by atoms with E-state index >= 15 is 0 Å². The number of rotatable bonds is 2. The van der Waals surface area contributed by atoms with Crippen LogP contribution in [0.5, 0.6) is 0 Å². The number of ketones is 1. The summed E-state index contributed by atoms with van der Waals surface area (Å²) in [7, 11) is 0. The fraction of sp³-hybridized carbons (Fsp3) is 0. The van der Waals surface area contributed by atoms with Crippen LogP contribution in [0.25, 0.3) is 0 Å². The zero-order valence-corrected chi connectivity index (χ0v) is 10.4. The first-order valence-electron chi connectivity index (χ1n) is 4.73. The van der Waals surface area contributed by atoms with Gasteiger partial charge in [-0.1, -0.05) is 30.3 Å². The molecule has 0 N–H and O–H groups in total. The van der Waals surface area contributed by atoms with Gasteiger partial charge in [0.1, 0.15) is 5.82 Å². The van der Waals surface area contributed by atoms with Crippen molar-refractivity contribution in [3.63, 3.8) is 0 Å². The Morgan fingerprint density at radius 3 is 2.44 bits per heavy atom. The molecule has 1 nitrogen and oxygen atoms in total. The maximum Gasteiger partial charge on any atom is 0.196 e. The molecular formula is C13H8FIO. The molecule has 2 rings (SSSR count). The van der Waals surface area contributed by atoms with Gasteiger partial charge in [-0.25, -0.2) is 4.39 Å². The van der Waals surface area contributed by atoms with Gasteiger partial charge in [0, 0.05) is 9.13 Å². The van der Waals surface area contributed by atoms with E-state index in [1.807, 2.05) is 6.07 Å². The Kier molecular flexibility index (Phi) is 3.33. The second-order valence-corrected chi connectivity index (χ2v) is 4.56. The molecule has 16 heavy (non-hydrogen) atoms. The smallest absolute Gasteiger partial charge is 0.196 e. The van der Waals surface area contributed by atoms with Crippen molar-refractivity contribution >= 4 is 28.4 Å². The summed E-state index contributed by atoms with van der Waals surface area (Å²) in [5.74, 6) is -0.758. The third kappa shape index (κ3) is 2.29. The molecule has 0 aromatic heterocycles. The van der Waals surface area contributed by atoms with E-state index in [-0.39, 0.29) is 11.3 Å². The molecule has 2 aromatic carbocycles. The normalized spacial score (nSPS) is 10.1. The molecule has 0 saturated carbocycles. The Hall–Kier alpha value is -1.23. The molecule has 0 aliphatic heterocycles. The topological polar surface area (TPSA) is 17.1 Å². The van der Waals surface area contributed by atoms with Crippen molar-refractivity contribution in [3.05, 3.63) is 69.0 Å². The molecular weight excluding hydrogens is 318 g/mol. The van der Waals surface area contributed by atoms with Gasteiger partial charge in [0.2, 0.25) is 0 Å². The van der Waals surface area contributed by atoms with E-state index in [2.05, 4.69) is 22.6 Å². The Bertz CT molecular complexity index is 523. The first kappa shape index (κ1) is 11.3. The van der Waals surface area contributed by atoms with Gasteiger partial charge in [-0.05, 0) is 40.8 Å². The Morgan fingerprint density at radius 1 is 1.06 bits per heavy atom. The van der Waals surface area contributed by atoms with Gasteiger partial charge < -0.3 is 0 Å². The van der Waals surface area contributed by atoms with Crippen molar-refractivity contribution in [1.82, 2.24) is 0 Å². The van der Waals surface area contributed by atoms with Crippen LogP contribution >= 0.6 is 22.6 Å². The zero-order chi connectivity index (χ0) is 11.5. The summed E-state index contributed by atoms with van der Waals surface area (Å²) in [5, 5.41) is 0. The Balaban J connectivity index is 2.46. The number of benzene rings is 2. The lowest BCUT2D eigenvalue weighted by Gasteiger charge is -2.03. The Morgan fingerprint density at radius 2 is 1.75 bits per heavy atom. The van der Waals surface area contributed by atoms with Crippen LogP contribution in [0.3, 0.4) is 0 Å². The third-order valence-corrected chi connectivity index (χ3v) is 2.88. The highest BCUT2D eigenvalue weighted by Gasteiger charge is 2.13. The quantitative estimate of drug-likeness (QED) is 0.608. The SMILES string of the molecule is O=C(c1ccccc1)c1cc(I)ccc1F. The van der Waals surface area contributed by atoms with Gasteiger partial charge in [0.05, 0.1) is 5.56 Å². The van der Waals surface area contributed by atoms with Crippen LogP contribution in [0.4, 0.5) is 4.39 Å². The van der Waals surface area contributed by atoms with Gasteiger partial charge >= 0.3 is 0 Å². The number of carbonyl (C=O) groups is 1. The van der Waals surface area contributed by atoms with E-state index < -0.39 is 5.82 Å². The number of hydrogen-bond donors (Lipinski definition) is 0. The molecule has 80 valence electrons. The van der Waals surface area contributed by atoms with Gasteiger partial charge in [-0.15, -0.1) is 0 Å². The fourth-order valence-corrected chi connectivity index (χ4v) is 1.91. The van der Waals surface area contributed by atoms with Crippen molar-refractivity contribution in [2.75, 3.05) is 0 Å². The number of halogens is 2. The van der Waals surface area contributed by atoms with Gasteiger partial charge in [0.15, 0.2) is 5.78 Å². The van der Waals surface area contributed by atoms with Gasteiger partial charge in [0.25, 0.3) is 0 Å². The maximum atomic E-state index is 13.5. The summed E-state index contributed by atoms with van der Waals surface area (Å²) >= 11 is 2.06. The zero-order valence-electron chi connectivity index (χ0n) is 8.28. The second-order valence-electron chi connectivity index (χ2n) is 3.32. The number of hydrogen-bond acceptors (Lipinski definition) is 1. The minimum Gasteiger partial charge on any atom is -0.288 e. The van der Waals surface area contributed by atoms with Crippen LogP contribution in [0.2, 0.25) is 0 Å². The van der Waals surface area contributed by atoms with Crippen molar-refractivity contribution in [1.29, 1.82) is 0 Å². The average Bonchev–Trinajstić information content (AvgIpc) is 2.32. The summed E-state index contributed by atoms with van der Waals surface area (Å²) < 4.78 is 14.3. The molecule has 0 aliphatic rings. The van der Waals surface area contributed by atoms with E-state index in [1.165, 1.54) is 6.07 Å². The van der Waals surface area contributed by atoms with Crippen LogP contribution < -0.4 is 0 Å². The molecule has 0 amide bonds. The standard InChI is InChI=1S/C13H8FIO/c14-12-7-6-10(15)8-11(12)13(16)9-4-2-1-3-5-9/h1-8H. The Labute approximate surface area is 106 Å². The molecule has 0 saturated heterocycles.